The van der Waals surface area contributed by atoms with Crippen LogP contribution >= 0.6 is 0 Å². The maximum absolute atomic E-state index is 13.0. The monoisotopic (exact) mass is 225 g/mol. The maximum Gasteiger partial charge on any atom is 0.416 e. The molecule has 0 heterocycles. The van der Waals surface area contributed by atoms with Gasteiger partial charge < -0.3 is 5.73 Å². The molecule has 1 rings (SSSR count). The molecule has 0 aliphatic heterocycles. The van der Waals surface area contributed by atoms with Gasteiger partial charge in [-0.1, -0.05) is 0 Å². The zero-order valence-corrected chi connectivity index (χ0v) is 7.54. The van der Waals surface area contributed by atoms with Gasteiger partial charge in [0.25, 0.3) is 0 Å². The molecular formula is C9H8F5N. The molecule has 84 valence electrons. The van der Waals surface area contributed by atoms with Crippen molar-refractivity contribution in [3.8, 4) is 0 Å². The smallest absolute Gasteiger partial charge is 0.330 e. The van der Waals surface area contributed by atoms with Crippen LogP contribution in [0.1, 0.15) is 11.1 Å². The summed E-state index contributed by atoms with van der Waals surface area (Å²) in [6, 6.07) is 0.544. The van der Waals surface area contributed by atoms with E-state index < -0.39 is 28.9 Å². The van der Waals surface area contributed by atoms with Crippen LogP contribution in [0.3, 0.4) is 0 Å². The largest absolute Gasteiger partial charge is 0.416 e. The van der Waals surface area contributed by atoms with Crippen molar-refractivity contribution in [2.24, 2.45) is 5.73 Å². The molecule has 0 saturated carbocycles. The number of rotatable bonds is 2. The SMILES string of the molecule is NCCc1c(F)cc(C(F)(F)F)cc1F. The second-order valence-corrected chi connectivity index (χ2v) is 2.95. The van der Waals surface area contributed by atoms with Gasteiger partial charge in [0, 0.05) is 5.56 Å². The van der Waals surface area contributed by atoms with Crippen molar-refractivity contribution in [1.82, 2.24) is 0 Å². The third-order valence-electron chi connectivity index (χ3n) is 1.86. The molecule has 15 heavy (non-hydrogen) atoms. The second-order valence-electron chi connectivity index (χ2n) is 2.95. The average molecular weight is 225 g/mol. The lowest BCUT2D eigenvalue weighted by atomic mass is 10.1. The minimum atomic E-state index is -4.75. The molecule has 2 N–H and O–H groups in total. The molecule has 0 atom stereocenters. The summed E-state index contributed by atoms with van der Waals surface area (Å²) in [5.74, 6) is -2.43. The first kappa shape index (κ1) is 11.9. The number of benzene rings is 1. The summed E-state index contributed by atoms with van der Waals surface area (Å²) >= 11 is 0. The number of nitrogens with two attached hydrogens (primary N) is 1. The van der Waals surface area contributed by atoms with Crippen LogP contribution in [0.4, 0.5) is 22.0 Å². The van der Waals surface area contributed by atoms with Gasteiger partial charge in [-0.15, -0.1) is 0 Å². The van der Waals surface area contributed by atoms with E-state index in [9.17, 15) is 22.0 Å². The summed E-state index contributed by atoms with van der Waals surface area (Å²) in [6.07, 6.45) is -4.88. The topological polar surface area (TPSA) is 26.0 Å². The summed E-state index contributed by atoms with van der Waals surface area (Å²) in [6.45, 7) is -0.0286. The fourth-order valence-electron chi connectivity index (χ4n) is 1.15. The highest BCUT2D eigenvalue weighted by atomic mass is 19.4. The molecular weight excluding hydrogens is 217 g/mol. The van der Waals surface area contributed by atoms with Crippen LogP contribution in [-0.4, -0.2) is 6.54 Å². The van der Waals surface area contributed by atoms with Gasteiger partial charge in [-0.2, -0.15) is 13.2 Å². The first-order valence-corrected chi connectivity index (χ1v) is 4.11. The average Bonchev–Trinajstić information content (AvgIpc) is 2.09. The Morgan fingerprint density at radius 1 is 1.07 bits per heavy atom. The standard InChI is InChI=1S/C9H8F5N/c10-7-3-5(9(12,13)14)4-8(11)6(7)1-2-15/h3-4H,1-2,15H2. The van der Waals surface area contributed by atoms with E-state index in [0.29, 0.717) is 0 Å². The lowest BCUT2D eigenvalue weighted by Gasteiger charge is -2.09. The highest BCUT2D eigenvalue weighted by Crippen LogP contribution is 2.31. The minimum absolute atomic E-state index is 0.0286. The first-order valence-electron chi connectivity index (χ1n) is 4.11. The van der Waals surface area contributed by atoms with E-state index in [0.717, 1.165) is 0 Å². The molecule has 0 aliphatic rings. The molecule has 0 spiro atoms. The van der Waals surface area contributed by atoms with Crippen molar-refractivity contribution in [3.05, 3.63) is 34.9 Å². The van der Waals surface area contributed by atoms with Crippen molar-refractivity contribution in [2.75, 3.05) is 6.54 Å². The Morgan fingerprint density at radius 3 is 1.87 bits per heavy atom. The summed E-state index contributed by atoms with van der Waals surface area (Å²) in [5, 5.41) is 0. The van der Waals surface area contributed by atoms with Crippen LogP contribution < -0.4 is 5.73 Å². The molecule has 0 aliphatic carbocycles. The molecule has 0 amide bonds. The Hall–Kier alpha value is -1.17. The lowest BCUT2D eigenvalue weighted by Crippen LogP contribution is -2.11. The normalized spacial score (nSPS) is 11.9. The molecule has 0 aromatic heterocycles. The molecule has 0 radical (unpaired) electrons. The zero-order valence-electron chi connectivity index (χ0n) is 7.54. The van der Waals surface area contributed by atoms with Crippen molar-refractivity contribution in [1.29, 1.82) is 0 Å². The van der Waals surface area contributed by atoms with Crippen LogP contribution in [0.25, 0.3) is 0 Å². The molecule has 1 aromatic rings. The highest BCUT2D eigenvalue weighted by Gasteiger charge is 2.32. The molecule has 6 heteroatoms. The number of halogens is 5. The Bertz CT molecular complexity index is 335. The summed E-state index contributed by atoms with van der Waals surface area (Å²) in [4.78, 5) is 0. The van der Waals surface area contributed by atoms with Gasteiger partial charge >= 0.3 is 6.18 Å². The fraction of sp³-hybridized carbons (Fsp3) is 0.333. The molecule has 0 unspecified atom stereocenters. The van der Waals surface area contributed by atoms with E-state index in [4.69, 9.17) is 5.73 Å². The summed E-state index contributed by atoms with van der Waals surface area (Å²) in [7, 11) is 0. The minimum Gasteiger partial charge on any atom is -0.330 e. The van der Waals surface area contributed by atoms with E-state index in [-0.39, 0.29) is 25.1 Å². The van der Waals surface area contributed by atoms with Crippen molar-refractivity contribution in [2.45, 2.75) is 12.6 Å². The Labute approximate surface area is 82.7 Å². The van der Waals surface area contributed by atoms with E-state index in [2.05, 4.69) is 0 Å². The van der Waals surface area contributed by atoms with Gasteiger partial charge in [0.2, 0.25) is 0 Å². The Kier molecular flexibility index (Phi) is 3.28. The van der Waals surface area contributed by atoms with Crippen molar-refractivity contribution >= 4 is 0 Å². The molecule has 1 nitrogen and oxygen atoms in total. The van der Waals surface area contributed by atoms with Gasteiger partial charge in [-0.3, -0.25) is 0 Å². The van der Waals surface area contributed by atoms with Gasteiger partial charge in [-0.05, 0) is 25.1 Å². The summed E-state index contributed by atoms with van der Waals surface area (Å²) in [5.41, 5.74) is 3.32. The second kappa shape index (κ2) is 4.14. The van der Waals surface area contributed by atoms with E-state index >= 15 is 0 Å². The molecule has 0 bridgehead atoms. The van der Waals surface area contributed by atoms with Crippen LogP contribution in [-0.2, 0) is 12.6 Å². The van der Waals surface area contributed by atoms with Gasteiger partial charge in [0.05, 0.1) is 5.56 Å². The quantitative estimate of drug-likeness (QED) is 0.769. The molecule has 0 saturated heterocycles. The third-order valence-corrected chi connectivity index (χ3v) is 1.86. The number of hydrogen-bond acceptors (Lipinski definition) is 1. The van der Waals surface area contributed by atoms with Crippen molar-refractivity contribution in [3.63, 3.8) is 0 Å². The molecule has 0 fully saturated rings. The predicted molar refractivity (Wildman–Crippen MR) is 44.1 cm³/mol. The fourth-order valence-corrected chi connectivity index (χ4v) is 1.15. The number of alkyl halides is 3. The lowest BCUT2D eigenvalue weighted by molar-refractivity contribution is -0.138. The van der Waals surface area contributed by atoms with Gasteiger partial charge in [-0.25, -0.2) is 8.78 Å². The number of hydrogen-bond donors (Lipinski definition) is 1. The van der Waals surface area contributed by atoms with E-state index in [1.807, 2.05) is 0 Å². The Morgan fingerprint density at radius 2 is 1.53 bits per heavy atom. The third kappa shape index (κ3) is 2.65. The molecule has 1 aromatic carbocycles. The van der Waals surface area contributed by atoms with Crippen LogP contribution in [0.5, 0.6) is 0 Å². The zero-order chi connectivity index (χ0) is 11.6. The highest BCUT2D eigenvalue weighted by molar-refractivity contribution is 5.28. The van der Waals surface area contributed by atoms with Crippen LogP contribution in [0.15, 0.2) is 12.1 Å². The van der Waals surface area contributed by atoms with Crippen LogP contribution in [0.2, 0.25) is 0 Å². The van der Waals surface area contributed by atoms with Gasteiger partial charge in [0.15, 0.2) is 0 Å². The van der Waals surface area contributed by atoms with Crippen LogP contribution in [0, 0.1) is 11.6 Å². The van der Waals surface area contributed by atoms with E-state index in [1.54, 1.807) is 0 Å². The van der Waals surface area contributed by atoms with Crippen molar-refractivity contribution < 1.29 is 22.0 Å². The first-order chi connectivity index (χ1) is 6.86. The summed E-state index contributed by atoms with van der Waals surface area (Å²) < 4.78 is 62.4. The van der Waals surface area contributed by atoms with E-state index in [1.165, 1.54) is 0 Å². The predicted octanol–water partition coefficient (Wildman–Crippen LogP) is 2.48. The maximum atomic E-state index is 13.0. The van der Waals surface area contributed by atoms with Gasteiger partial charge in [0.1, 0.15) is 11.6 Å². The Balaban J connectivity index is 3.19.